The second kappa shape index (κ2) is 8.29. The lowest BCUT2D eigenvalue weighted by Crippen LogP contribution is -2.36. The maximum absolute atomic E-state index is 13.3. The van der Waals surface area contributed by atoms with E-state index in [1.165, 1.54) is 18.6 Å². The minimum Gasteiger partial charge on any atom is -0.319 e. The molecule has 2 amide bonds. The van der Waals surface area contributed by atoms with E-state index in [0.29, 0.717) is 12.1 Å². The van der Waals surface area contributed by atoms with Crippen molar-refractivity contribution in [1.82, 2.24) is 4.72 Å². The molecule has 0 spiro atoms. The summed E-state index contributed by atoms with van der Waals surface area (Å²) in [6, 6.07) is 1.62. The van der Waals surface area contributed by atoms with Gasteiger partial charge in [-0.2, -0.15) is 13.2 Å². The predicted molar refractivity (Wildman–Crippen MR) is 86.0 cm³/mol. The summed E-state index contributed by atoms with van der Waals surface area (Å²) >= 11 is 0. The number of Topliss-reactive ketones (excluding diaryl/α,β-unsaturated/α-hetero) is 2. The van der Waals surface area contributed by atoms with E-state index < -0.39 is 55.7 Å². The SMILES string of the molecule is CCC(=O)C(=O)Nc1ccc(S(=O)(=O)NC(=O)C(=O)CC)c(C(F)(F)F)c1. The number of halogens is 3. The molecule has 0 aliphatic rings. The fourth-order valence-corrected chi connectivity index (χ4v) is 3.00. The molecule has 27 heavy (non-hydrogen) atoms. The van der Waals surface area contributed by atoms with Gasteiger partial charge in [-0.1, -0.05) is 13.8 Å². The van der Waals surface area contributed by atoms with Crippen LogP contribution in [0.3, 0.4) is 0 Å². The summed E-state index contributed by atoms with van der Waals surface area (Å²) in [6.45, 7) is 2.64. The van der Waals surface area contributed by atoms with E-state index in [9.17, 15) is 40.8 Å². The molecule has 0 unspecified atom stereocenters. The molecule has 0 aliphatic heterocycles. The van der Waals surface area contributed by atoms with Gasteiger partial charge < -0.3 is 5.32 Å². The van der Waals surface area contributed by atoms with Crippen LogP contribution in [0.5, 0.6) is 0 Å². The van der Waals surface area contributed by atoms with Crippen LogP contribution in [0.2, 0.25) is 0 Å². The Balaban J connectivity index is 3.36. The molecule has 1 rings (SSSR count). The van der Waals surface area contributed by atoms with Crippen molar-refractivity contribution in [3.8, 4) is 0 Å². The Morgan fingerprint density at radius 2 is 1.48 bits per heavy atom. The van der Waals surface area contributed by atoms with Gasteiger partial charge in [0, 0.05) is 18.5 Å². The first-order valence-electron chi connectivity index (χ1n) is 7.48. The number of nitrogens with one attached hydrogen (secondary N) is 2. The summed E-state index contributed by atoms with van der Waals surface area (Å²) < 4.78 is 65.2. The van der Waals surface area contributed by atoms with Crippen molar-refractivity contribution in [3.05, 3.63) is 23.8 Å². The van der Waals surface area contributed by atoms with Gasteiger partial charge in [0.2, 0.25) is 11.6 Å². The Kier molecular flexibility index (Phi) is 6.84. The maximum atomic E-state index is 13.3. The number of sulfonamides is 1. The Morgan fingerprint density at radius 3 is 1.96 bits per heavy atom. The average Bonchev–Trinajstić information content (AvgIpc) is 2.58. The highest BCUT2D eigenvalue weighted by Crippen LogP contribution is 2.36. The molecule has 1 aromatic rings. The first-order chi connectivity index (χ1) is 12.3. The van der Waals surface area contributed by atoms with Gasteiger partial charge >= 0.3 is 12.1 Å². The fourth-order valence-electron chi connectivity index (χ4n) is 1.82. The van der Waals surface area contributed by atoms with Crippen LogP contribution in [0.1, 0.15) is 32.3 Å². The third-order valence-corrected chi connectivity index (χ3v) is 4.60. The zero-order valence-electron chi connectivity index (χ0n) is 14.1. The van der Waals surface area contributed by atoms with E-state index in [4.69, 9.17) is 0 Å². The molecule has 2 N–H and O–H groups in total. The Morgan fingerprint density at radius 1 is 0.963 bits per heavy atom. The van der Waals surface area contributed by atoms with Gasteiger partial charge in [0.1, 0.15) is 0 Å². The summed E-state index contributed by atoms with van der Waals surface area (Å²) in [5.74, 6) is -4.75. The van der Waals surface area contributed by atoms with Gasteiger partial charge in [-0.05, 0) is 18.2 Å². The van der Waals surface area contributed by atoms with Gasteiger partial charge in [-0.3, -0.25) is 19.2 Å². The quantitative estimate of drug-likeness (QED) is 0.657. The number of hydrogen-bond donors (Lipinski definition) is 2. The normalized spacial score (nSPS) is 11.6. The molecule has 0 atom stereocenters. The van der Waals surface area contributed by atoms with Crippen LogP contribution in [-0.2, 0) is 35.4 Å². The van der Waals surface area contributed by atoms with Crippen LogP contribution in [0.4, 0.5) is 18.9 Å². The molecule has 0 fully saturated rings. The van der Waals surface area contributed by atoms with E-state index in [-0.39, 0.29) is 12.8 Å². The Hall–Kier alpha value is -2.76. The topological polar surface area (TPSA) is 126 Å². The molecule has 0 saturated carbocycles. The van der Waals surface area contributed by atoms with Gasteiger partial charge in [-0.15, -0.1) is 0 Å². The number of hydrogen-bond acceptors (Lipinski definition) is 6. The Bertz CT molecular complexity index is 893. The standard InChI is InChI=1S/C15H15F3N2O6S/c1-3-10(21)13(23)19-8-5-6-12(9(7-8)15(16,17)18)27(25,26)20-14(24)11(22)4-2/h5-7H,3-4H2,1-2H3,(H,19,23)(H,20,24). The molecule has 148 valence electrons. The number of alkyl halides is 3. The van der Waals surface area contributed by atoms with Crippen LogP contribution >= 0.6 is 0 Å². The average molecular weight is 408 g/mol. The number of amides is 2. The summed E-state index contributed by atoms with van der Waals surface area (Å²) in [7, 11) is -5.01. The minimum absolute atomic E-state index is 0.179. The molecule has 0 radical (unpaired) electrons. The van der Waals surface area contributed by atoms with Crippen molar-refractivity contribution in [2.24, 2.45) is 0 Å². The third kappa shape index (κ3) is 5.61. The first kappa shape index (κ1) is 22.3. The zero-order chi connectivity index (χ0) is 21.0. The predicted octanol–water partition coefficient (Wildman–Crippen LogP) is 1.41. The summed E-state index contributed by atoms with van der Waals surface area (Å²) in [4.78, 5) is 44.0. The highest BCUT2D eigenvalue weighted by Gasteiger charge is 2.38. The van der Waals surface area contributed by atoms with Gasteiger partial charge in [0.05, 0.1) is 10.5 Å². The molecular formula is C15H15F3N2O6S. The van der Waals surface area contributed by atoms with Crippen LogP contribution in [0.15, 0.2) is 23.1 Å². The highest BCUT2D eigenvalue weighted by atomic mass is 32.2. The number of carbonyl (C=O) groups is 4. The molecule has 12 heteroatoms. The molecule has 0 heterocycles. The van der Waals surface area contributed by atoms with Crippen molar-refractivity contribution in [2.45, 2.75) is 37.8 Å². The van der Waals surface area contributed by atoms with Crippen molar-refractivity contribution in [1.29, 1.82) is 0 Å². The Labute approximate surface area is 152 Å². The highest BCUT2D eigenvalue weighted by molar-refractivity contribution is 7.90. The summed E-state index contributed by atoms with van der Waals surface area (Å²) in [5.41, 5.74) is -2.16. The maximum Gasteiger partial charge on any atom is 0.417 e. The molecule has 0 saturated heterocycles. The van der Waals surface area contributed by atoms with E-state index in [1.54, 1.807) is 0 Å². The van der Waals surface area contributed by atoms with Crippen LogP contribution < -0.4 is 10.0 Å². The minimum atomic E-state index is -5.17. The van der Waals surface area contributed by atoms with E-state index in [0.717, 1.165) is 6.07 Å². The monoisotopic (exact) mass is 408 g/mol. The summed E-state index contributed by atoms with van der Waals surface area (Å²) in [5, 5.41) is 1.93. The molecule has 0 bridgehead atoms. The molecule has 8 nitrogen and oxygen atoms in total. The van der Waals surface area contributed by atoms with Gasteiger partial charge in [0.15, 0.2) is 0 Å². The lowest BCUT2D eigenvalue weighted by molar-refractivity contribution is -0.140. The number of carbonyl (C=O) groups excluding carboxylic acids is 4. The van der Waals surface area contributed by atoms with Crippen molar-refractivity contribution < 1.29 is 40.8 Å². The number of benzene rings is 1. The molecular weight excluding hydrogens is 393 g/mol. The van der Waals surface area contributed by atoms with Crippen LogP contribution in [0.25, 0.3) is 0 Å². The van der Waals surface area contributed by atoms with Gasteiger partial charge in [-0.25, -0.2) is 13.1 Å². The second-order valence-electron chi connectivity index (χ2n) is 5.15. The lowest BCUT2D eigenvalue weighted by Gasteiger charge is -2.15. The third-order valence-electron chi connectivity index (χ3n) is 3.21. The number of ketones is 2. The van der Waals surface area contributed by atoms with E-state index in [2.05, 4.69) is 0 Å². The largest absolute Gasteiger partial charge is 0.417 e. The molecule has 0 aliphatic carbocycles. The molecule has 0 aromatic heterocycles. The van der Waals surface area contributed by atoms with Crippen molar-refractivity contribution in [2.75, 3.05) is 5.32 Å². The van der Waals surface area contributed by atoms with Crippen LogP contribution in [0, 0.1) is 0 Å². The van der Waals surface area contributed by atoms with Crippen molar-refractivity contribution >= 4 is 39.1 Å². The van der Waals surface area contributed by atoms with Crippen LogP contribution in [-0.4, -0.2) is 31.8 Å². The number of anilines is 1. The fraction of sp³-hybridized carbons (Fsp3) is 0.333. The summed E-state index contributed by atoms with van der Waals surface area (Å²) in [6.07, 6.45) is -5.69. The smallest absolute Gasteiger partial charge is 0.319 e. The van der Waals surface area contributed by atoms with E-state index >= 15 is 0 Å². The number of rotatable bonds is 7. The first-order valence-corrected chi connectivity index (χ1v) is 8.97. The van der Waals surface area contributed by atoms with Crippen molar-refractivity contribution in [3.63, 3.8) is 0 Å². The van der Waals surface area contributed by atoms with Gasteiger partial charge in [0.25, 0.3) is 15.9 Å². The molecule has 1 aromatic carbocycles. The lowest BCUT2D eigenvalue weighted by atomic mass is 10.2. The van der Waals surface area contributed by atoms with E-state index in [1.807, 2.05) is 5.32 Å². The zero-order valence-corrected chi connectivity index (χ0v) is 15.0. The second-order valence-corrected chi connectivity index (χ2v) is 6.80.